The highest BCUT2D eigenvalue weighted by Gasteiger charge is 2.25. The summed E-state index contributed by atoms with van der Waals surface area (Å²) in [5.41, 5.74) is 5.72. The minimum absolute atomic E-state index is 0. The molecule has 1 aromatic rings. The van der Waals surface area contributed by atoms with E-state index < -0.39 is 0 Å². The first-order chi connectivity index (χ1) is 7.70. The van der Waals surface area contributed by atoms with Gasteiger partial charge in [0.2, 0.25) is 5.89 Å². The molecule has 1 aromatic heterocycles. The molecule has 17 heavy (non-hydrogen) atoms. The van der Waals surface area contributed by atoms with E-state index in [2.05, 4.69) is 28.9 Å². The van der Waals surface area contributed by atoms with Crippen molar-refractivity contribution in [2.45, 2.75) is 45.2 Å². The van der Waals surface area contributed by atoms with Crippen molar-refractivity contribution in [1.82, 2.24) is 15.0 Å². The van der Waals surface area contributed by atoms with Gasteiger partial charge in [-0.1, -0.05) is 19.0 Å². The van der Waals surface area contributed by atoms with Crippen molar-refractivity contribution < 1.29 is 4.52 Å². The molecule has 0 aromatic carbocycles. The lowest BCUT2D eigenvalue weighted by Gasteiger charge is -2.20. The molecular formula is C11H21ClN4O. The fraction of sp³-hybridized carbons (Fsp3) is 0.818. The molecule has 98 valence electrons. The number of halogens is 1. The third-order valence-corrected chi connectivity index (χ3v) is 3.11. The largest absolute Gasteiger partial charge is 0.338 e. The number of nitrogens with two attached hydrogens (primary N) is 1. The predicted molar refractivity (Wildman–Crippen MR) is 68.1 cm³/mol. The molecule has 1 aliphatic heterocycles. The maximum atomic E-state index is 5.72. The van der Waals surface area contributed by atoms with Crippen LogP contribution in [-0.4, -0.2) is 34.2 Å². The van der Waals surface area contributed by atoms with E-state index in [-0.39, 0.29) is 12.4 Å². The van der Waals surface area contributed by atoms with Crippen LogP contribution in [0.3, 0.4) is 0 Å². The summed E-state index contributed by atoms with van der Waals surface area (Å²) in [5, 5.41) is 3.96. The maximum Gasteiger partial charge on any atom is 0.240 e. The summed E-state index contributed by atoms with van der Waals surface area (Å²) < 4.78 is 5.24. The summed E-state index contributed by atoms with van der Waals surface area (Å²) in [6, 6.07) is 0.481. The van der Waals surface area contributed by atoms with Crippen molar-refractivity contribution in [1.29, 1.82) is 0 Å². The van der Waals surface area contributed by atoms with Crippen LogP contribution in [0.5, 0.6) is 0 Å². The van der Waals surface area contributed by atoms with Gasteiger partial charge in [0.15, 0.2) is 5.82 Å². The standard InChI is InChI=1S/C11H20N4O.ClH/c1-8(2)11-13-10(16-14-11)7-15-5-3-4-9(15)6-12;/h8-9H,3-7,12H2,1-2H3;1H. The van der Waals surface area contributed by atoms with E-state index in [1.165, 1.54) is 12.8 Å². The number of likely N-dealkylation sites (tertiary alicyclic amines) is 1. The van der Waals surface area contributed by atoms with Gasteiger partial charge < -0.3 is 10.3 Å². The molecule has 0 aliphatic carbocycles. The summed E-state index contributed by atoms with van der Waals surface area (Å²) in [6.45, 7) is 6.66. The predicted octanol–water partition coefficient (Wildman–Crippen LogP) is 1.54. The zero-order valence-corrected chi connectivity index (χ0v) is 11.2. The van der Waals surface area contributed by atoms with Gasteiger partial charge in [-0.15, -0.1) is 12.4 Å². The van der Waals surface area contributed by atoms with Crippen LogP contribution in [0.15, 0.2) is 4.52 Å². The van der Waals surface area contributed by atoms with Crippen molar-refractivity contribution in [3.8, 4) is 0 Å². The number of hydrogen-bond donors (Lipinski definition) is 1. The van der Waals surface area contributed by atoms with Crippen molar-refractivity contribution >= 4 is 12.4 Å². The van der Waals surface area contributed by atoms with Crippen LogP contribution >= 0.6 is 12.4 Å². The molecule has 1 atom stereocenters. The zero-order valence-electron chi connectivity index (χ0n) is 10.4. The molecule has 5 nitrogen and oxygen atoms in total. The highest BCUT2D eigenvalue weighted by Crippen LogP contribution is 2.19. The van der Waals surface area contributed by atoms with Crippen molar-refractivity contribution in [3.63, 3.8) is 0 Å². The molecule has 0 amide bonds. The highest BCUT2D eigenvalue weighted by atomic mass is 35.5. The summed E-state index contributed by atoms with van der Waals surface area (Å²) in [4.78, 5) is 6.71. The molecule has 6 heteroatoms. The van der Waals surface area contributed by atoms with Gasteiger partial charge in [-0.3, -0.25) is 4.90 Å². The molecule has 1 aliphatic rings. The quantitative estimate of drug-likeness (QED) is 0.889. The Morgan fingerprint density at radius 3 is 2.88 bits per heavy atom. The van der Waals surface area contributed by atoms with Crippen molar-refractivity contribution in [2.75, 3.05) is 13.1 Å². The molecule has 2 heterocycles. The van der Waals surface area contributed by atoms with Crippen LogP contribution in [0.2, 0.25) is 0 Å². The second kappa shape index (κ2) is 6.33. The van der Waals surface area contributed by atoms with Gasteiger partial charge >= 0.3 is 0 Å². The third-order valence-electron chi connectivity index (χ3n) is 3.11. The summed E-state index contributed by atoms with van der Waals surface area (Å²) in [6.07, 6.45) is 2.40. The average Bonchev–Trinajstić information content (AvgIpc) is 2.87. The van der Waals surface area contributed by atoms with Crippen LogP contribution in [0.1, 0.15) is 44.3 Å². The lowest BCUT2D eigenvalue weighted by Crippen LogP contribution is -2.34. The summed E-state index contributed by atoms with van der Waals surface area (Å²) in [5.74, 6) is 1.82. The molecule has 2 N–H and O–H groups in total. The molecule has 0 bridgehead atoms. The van der Waals surface area contributed by atoms with E-state index in [0.717, 1.165) is 18.9 Å². The van der Waals surface area contributed by atoms with Crippen LogP contribution in [0.4, 0.5) is 0 Å². The number of rotatable bonds is 4. The number of hydrogen-bond acceptors (Lipinski definition) is 5. The molecule has 0 saturated carbocycles. The second-order valence-corrected chi connectivity index (χ2v) is 4.70. The molecule has 0 spiro atoms. The van der Waals surface area contributed by atoms with Gasteiger partial charge in [0, 0.05) is 18.5 Å². The maximum absolute atomic E-state index is 5.72. The Hall–Kier alpha value is -0.650. The van der Waals surface area contributed by atoms with Gasteiger partial charge in [0.25, 0.3) is 0 Å². The van der Waals surface area contributed by atoms with Gasteiger partial charge in [0.05, 0.1) is 6.54 Å². The van der Waals surface area contributed by atoms with Gasteiger partial charge in [-0.05, 0) is 19.4 Å². The van der Waals surface area contributed by atoms with Crippen LogP contribution < -0.4 is 5.73 Å². The average molecular weight is 261 g/mol. The SMILES string of the molecule is CC(C)c1noc(CN2CCCC2CN)n1.Cl. The summed E-state index contributed by atoms with van der Waals surface area (Å²) >= 11 is 0. The van der Waals surface area contributed by atoms with Crippen LogP contribution in [-0.2, 0) is 6.54 Å². The van der Waals surface area contributed by atoms with Crippen LogP contribution in [0.25, 0.3) is 0 Å². The molecule has 2 rings (SSSR count). The first-order valence-corrected chi connectivity index (χ1v) is 5.97. The van der Waals surface area contributed by atoms with E-state index in [0.29, 0.717) is 24.4 Å². The Bertz CT molecular complexity index is 342. The molecular weight excluding hydrogens is 240 g/mol. The fourth-order valence-electron chi connectivity index (χ4n) is 2.11. The number of aromatic nitrogens is 2. The minimum Gasteiger partial charge on any atom is -0.338 e. The van der Waals surface area contributed by atoms with E-state index >= 15 is 0 Å². The smallest absolute Gasteiger partial charge is 0.240 e. The van der Waals surface area contributed by atoms with Gasteiger partial charge in [-0.2, -0.15) is 4.98 Å². The topological polar surface area (TPSA) is 68.2 Å². The molecule has 1 saturated heterocycles. The van der Waals surface area contributed by atoms with E-state index in [9.17, 15) is 0 Å². The monoisotopic (exact) mass is 260 g/mol. The normalized spacial score (nSPS) is 20.8. The van der Waals surface area contributed by atoms with Crippen LogP contribution in [0, 0.1) is 0 Å². The Kier molecular flexibility index (Phi) is 5.36. The van der Waals surface area contributed by atoms with Gasteiger partial charge in [0.1, 0.15) is 0 Å². The minimum atomic E-state index is 0. The molecule has 1 fully saturated rings. The fourth-order valence-corrected chi connectivity index (χ4v) is 2.11. The second-order valence-electron chi connectivity index (χ2n) is 4.70. The Labute approximate surface area is 108 Å². The lowest BCUT2D eigenvalue weighted by atomic mass is 10.2. The first kappa shape index (κ1) is 14.4. The van der Waals surface area contributed by atoms with Crippen molar-refractivity contribution in [2.24, 2.45) is 5.73 Å². The van der Waals surface area contributed by atoms with E-state index in [4.69, 9.17) is 10.3 Å². The zero-order chi connectivity index (χ0) is 11.5. The Balaban J connectivity index is 0.00000144. The lowest BCUT2D eigenvalue weighted by molar-refractivity contribution is 0.214. The van der Waals surface area contributed by atoms with E-state index in [1.54, 1.807) is 0 Å². The Morgan fingerprint density at radius 2 is 2.29 bits per heavy atom. The van der Waals surface area contributed by atoms with E-state index in [1.807, 2.05) is 0 Å². The van der Waals surface area contributed by atoms with Gasteiger partial charge in [-0.25, -0.2) is 0 Å². The molecule has 1 unspecified atom stereocenters. The van der Waals surface area contributed by atoms with Crippen molar-refractivity contribution in [3.05, 3.63) is 11.7 Å². The highest BCUT2D eigenvalue weighted by molar-refractivity contribution is 5.85. The summed E-state index contributed by atoms with van der Waals surface area (Å²) in [7, 11) is 0. The Morgan fingerprint density at radius 1 is 1.53 bits per heavy atom. The first-order valence-electron chi connectivity index (χ1n) is 5.97. The molecule has 0 radical (unpaired) electrons. The number of nitrogens with zero attached hydrogens (tertiary/aromatic N) is 3. The third kappa shape index (κ3) is 3.40.